The Bertz CT molecular complexity index is 621. The average molecular weight is 373 g/mol. The number of hydrogen-bond acceptors (Lipinski definition) is 3. The zero-order chi connectivity index (χ0) is 19.1. The maximum absolute atomic E-state index is 13.0. The lowest BCUT2D eigenvalue weighted by atomic mass is 9.96. The van der Waals surface area contributed by atoms with E-state index >= 15 is 0 Å². The maximum Gasteiger partial charge on any atom is 0.303 e. The van der Waals surface area contributed by atoms with Crippen LogP contribution in [0.25, 0.3) is 0 Å². The maximum atomic E-state index is 13.0. The molecule has 3 rings (SSSR count). The topological polar surface area (TPSA) is 60.9 Å². The third-order valence-electron chi connectivity index (χ3n) is 5.89. The van der Waals surface area contributed by atoms with Crippen molar-refractivity contribution >= 4 is 11.9 Å². The fourth-order valence-electron chi connectivity index (χ4n) is 4.33. The van der Waals surface area contributed by atoms with Crippen molar-refractivity contribution in [1.29, 1.82) is 0 Å². The van der Waals surface area contributed by atoms with E-state index in [0.29, 0.717) is 6.42 Å². The van der Waals surface area contributed by atoms with E-state index in [2.05, 4.69) is 17.0 Å². The van der Waals surface area contributed by atoms with Crippen molar-refractivity contribution in [2.24, 2.45) is 0 Å². The van der Waals surface area contributed by atoms with Gasteiger partial charge in [-0.3, -0.25) is 14.5 Å². The molecule has 0 aliphatic carbocycles. The van der Waals surface area contributed by atoms with Crippen LogP contribution in [0.3, 0.4) is 0 Å². The number of benzene rings is 1. The van der Waals surface area contributed by atoms with E-state index in [1.807, 2.05) is 17.0 Å². The van der Waals surface area contributed by atoms with Crippen LogP contribution in [0.15, 0.2) is 24.3 Å². The van der Waals surface area contributed by atoms with Crippen LogP contribution in [0.2, 0.25) is 0 Å². The highest BCUT2D eigenvalue weighted by Crippen LogP contribution is 2.23. The van der Waals surface area contributed by atoms with Crippen LogP contribution in [0.5, 0.6) is 0 Å². The van der Waals surface area contributed by atoms with Crippen molar-refractivity contribution < 1.29 is 14.7 Å². The van der Waals surface area contributed by atoms with Gasteiger partial charge >= 0.3 is 5.97 Å². The van der Waals surface area contributed by atoms with Crippen molar-refractivity contribution in [3.8, 4) is 0 Å². The lowest BCUT2D eigenvalue weighted by molar-refractivity contribution is -0.137. The summed E-state index contributed by atoms with van der Waals surface area (Å²) in [6.07, 6.45) is 8.90. The Morgan fingerprint density at radius 1 is 0.926 bits per heavy atom. The Morgan fingerprint density at radius 2 is 1.59 bits per heavy atom. The summed E-state index contributed by atoms with van der Waals surface area (Å²) in [5.41, 5.74) is 1.98. The lowest BCUT2D eigenvalue weighted by Gasteiger charge is -2.35. The van der Waals surface area contributed by atoms with Gasteiger partial charge in [0.25, 0.3) is 5.91 Å². The van der Waals surface area contributed by atoms with Gasteiger partial charge < -0.3 is 10.0 Å². The van der Waals surface area contributed by atoms with Gasteiger partial charge in [0.05, 0.1) is 0 Å². The molecule has 0 spiro atoms. The third kappa shape index (κ3) is 5.80. The number of amides is 1. The van der Waals surface area contributed by atoms with Crippen LogP contribution < -0.4 is 0 Å². The zero-order valence-corrected chi connectivity index (χ0v) is 16.2. The van der Waals surface area contributed by atoms with E-state index in [0.717, 1.165) is 37.9 Å². The second-order valence-electron chi connectivity index (χ2n) is 7.97. The zero-order valence-electron chi connectivity index (χ0n) is 16.2. The van der Waals surface area contributed by atoms with Gasteiger partial charge in [0.15, 0.2) is 0 Å². The molecule has 1 N–H and O–H groups in total. The van der Waals surface area contributed by atoms with E-state index < -0.39 is 5.97 Å². The average Bonchev–Trinajstić information content (AvgIpc) is 2.95. The van der Waals surface area contributed by atoms with Gasteiger partial charge in [-0.15, -0.1) is 0 Å². The molecule has 0 bridgehead atoms. The summed E-state index contributed by atoms with van der Waals surface area (Å²) in [6.45, 7) is 4.03. The first-order valence-corrected chi connectivity index (χ1v) is 10.5. The number of carboxylic acids is 1. The number of piperidine rings is 1. The molecule has 2 heterocycles. The van der Waals surface area contributed by atoms with Crippen LogP contribution in [0.4, 0.5) is 0 Å². The molecule has 2 aliphatic heterocycles. The monoisotopic (exact) mass is 372 g/mol. The molecule has 1 atom stereocenters. The van der Waals surface area contributed by atoms with Crippen molar-refractivity contribution in [2.45, 2.75) is 70.4 Å². The van der Waals surface area contributed by atoms with Crippen LogP contribution in [0.1, 0.15) is 73.7 Å². The Kier molecular flexibility index (Phi) is 7.27. The van der Waals surface area contributed by atoms with Crippen molar-refractivity contribution in [3.05, 3.63) is 35.4 Å². The molecule has 5 heteroatoms. The first-order chi connectivity index (χ1) is 13.1. The normalized spacial score (nSPS) is 21.6. The number of nitrogens with zero attached hydrogens (tertiary/aromatic N) is 2. The molecule has 0 radical (unpaired) electrons. The molecule has 1 aromatic rings. The minimum Gasteiger partial charge on any atom is -0.481 e. The fourth-order valence-corrected chi connectivity index (χ4v) is 4.33. The number of carboxylic acid groups (broad SMARTS) is 1. The minimum absolute atomic E-state index is 0.0476. The van der Waals surface area contributed by atoms with Gasteiger partial charge in [0, 0.05) is 31.1 Å². The van der Waals surface area contributed by atoms with Gasteiger partial charge in [0.1, 0.15) is 0 Å². The SMILES string of the molecule is O=C(O)CC[C@@H]1CCCCN1C(=O)c1ccc(CN2CCCCCC2)cc1. The molecule has 2 aliphatic rings. The smallest absolute Gasteiger partial charge is 0.303 e. The predicted octanol–water partition coefficient (Wildman–Crippen LogP) is 3.92. The van der Waals surface area contributed by atoms with Gasteiger partial charge in [-0.05, 0) is 69.3 Å². The van der Waals surface area contributed by atoms with Crippen LogP contribution in [-0.2, 0) is 11.3 Å². The molecule has 27 heavy (non-hydrogen) atoms. The summed E-state index contributed by atoms with van der Waals surface area (Å²) in [5.74, 6) is -0.739. The highest BCUT2D eigenvalue weighted by atomic mass is 16.4. The number of likely N-dealkylation sites (tertiary alicyclic amines) is 2. The van der Waals surface area contributed by atoms with Gasteiger partial charge in [0.2, 0.25) is 0 Å². The number of hydrogen-bond donors (Lipinski definition) is 1. The Balaban J connectivity index is 1.60. The van der Waals surface area contributed by atoms with E-state index in [4.69, 9.17) is 5.11 Å². The summed E-state index contributed by atoms with van der Waals surface area (Å²) >= 11 is 0. The summed E-state index contributed by atoms with van der Waals surface area (Å²) < 4.78 is 0. The number of carbonyl (C=O) groups is 2. The van der Waals surface area contributed by atoms with Gasteiger partial charge in [-0.1, -0.05) is 25.0 Å². The Labute approximate surface area is 162 Å². The molecule has 0 saturated carbocycles. The molecule has 1 aromatic carbocycles. The second-order valence-corrected chi connectivity index (χ2v) is 7.97. The highest BCUT2D eigenvalue weighted by Gasteiger charge is 2.27. The third-order valence-corrected chi connectivity index (χ3v) is 5.89. The number of carbonyl (C=O) groups excluding carboxylic acids is 1. The van der Waals surface area contributed by atoms with Gasteiger partial charge in [-0.2, -0.15) is 0 Å². The molecule has 1 amide bonds. The van der Waals surface area contributed by atoms with E-state index in [9.17, 15) is 9.59 Å². The van der Waals surface area contributed by atoms with E-state index in [-0.39, 0.29) is 18.4 Å². The quantitative estimate of drug-likeness (QED) is 0.822. The highest BCUT2D eigenvalue weighted by molar-refractivity contribution is 5.94. The minimum atomic E-state index is -0.786. The van der Waals surface area contributed by atoms with Crippen molar-refractivity contribution in [1.82, 2.24) is 9.80 Å². The van der Waals surface area contributed by atoms with Crippen LogP contribution in [-0.4, -0.2) is 52.5 Å². The van der Waals surface area contributed by atoms with Crippen LogP contribution in [0, 0.1) is 0 Å². The summed E-state index contributed by atoms with van der Waals surface area (Å²) in [7, 11) is 0. The number of rotatable bonds is 6. The molecule has 0 aromatic heterocycles. The summed E-state index contributed by atoms with van der Waals surface area (Å²) in [6, 6.07) is 8.10. The largest absolute Gasteiger partial charge is 0.481 e. The molecular weight excluding hydrogens is 340 g/mol. The van der Waals surface area contributed by atoms with Crippen molar-refractivity contribution in [2.75, 3.05) is 19.6 Å². The first kappa shape index (κ1) is 19.9. The molecule has 0 unspecified atom stereocenters. The predicted molar refractivity (Wildman–Crippen MR) is 106 cm³/mol. The van der Waals surface area contributed by atoms with Gasteiger partial charge in [-0.25, -0.2) is 0 Å². The molecule has 148 valence electrons. The number of aliphatic carboxylic acids is 1. The fraction of sp³-hybridized carbons (Fsp3) is 0.636. The van der Waals surface area contributed by atoms with Crippen LogP contribution >= 0.6 is 0 Å². The summed E-state index contributed by atoms with van der Waals surface area (Å²) in [4.78, 5) is 28.3. The van der Waals surface area contributed by atoms with Crippen molar-refractivity contribution in [3.63, 3.8) is 0 Å². The van der Waals surface area contributed by atoms with E-state index in [1.165, 1.54) is 44.3 Å². The Hall–Kier alpha value is -1.88. The Morgan fingerprint density at radius 3 is 2.26 bits per heavy atom. The first-order valence-electron chi connectivity index (χ1n) is 10.5. The molecule has 5 nitrogen and oxygen atoms in total. The molecule has 2 fully saturated rings. The summed E-state index contributed by atoms with van der Waals surface area (Å²) in [5, 5.41) is 8.96. The molecular formula is C22H32N2O3. The molecule has 2 saturated heterocycles. The standard InChI is InChI=1S/C22H32N2O3/c25-21(26)13-12-20-7-3-6-16-24(20)22(27)19-10-8-18(9-11-19)17-23-14-4-1-2-5-15-23/h8-11,20H,1-7,12-17H2,(H,25,26)/t20-/m0/s1. The lowest BCUT2D eigenvalue weighted by Crippen LogP contribution is -2.44. The second kappa shape index (κ2) is 9.88. The van der Waals surface area contributed by atoms with E-state index in [1.54, 1.807) is 0 Å².